The summed E-state index contributed by atoms with van der Waals surface area (Å²) >= 11 is 1.71. The van der Waals surface area contributed by atoms with Crippen LogP contribution >= 0.6 is 11.3 Å². The quantitative estimate of drug-likeness (QED) is 0.844. The molecule has 0 amide bonds. The second-order valence-corrected chi connectivity index (χ2v) is 4.28. The summed E-state index contributed by atoms with van der Waals surface area (Å²) in [5.41, 5.74) is 2.26. The molecule has 78 valence electrons. The van der Waals surface area contributed by atoms with Crippen molar-refractivity contribution in [2.24, 2.45) is 0 Å². The van der Waals surface area contributed by atoms with Crippen molar-refractivity contribution in [3.63, 3.8) is 0 Å². The Morgan fingerprint density at radius 2 is 2.07 bits per heavy atom. The van der Waals surface area contributed by atoms with E-state index < -0.39 is 0 Å². The van der Waals surface area contributed by atoms with Crippen molar-refractivity contribution in [3.8, 4) is 10.6 Å². The Balaban J connectivity index is 2.53. The van der Waals surface area contributed by atoms with E-state index in [-0.39, 0.29) is 0 Å². The van der Waals surface area contributed by atoms with Gasteiger partial charge in [-0.1, -0.05) is 0 Å². The molecular weight excluding hydrogens is 206 g/mol. The molecule has 0 saturated heterocycles. The summed E-state index contributed by atoms with van der Waals surface area (Å²) in [5, 5.41) is 5.13. The van der Waals surface area contributed by atoms with Gasteiger partial charge in [0.2, 0.25) is 0 Å². The maximum Gasteiger partial charge on any atom is 0.130 e. The highest BCUT2D eigenvalue weighted by molar-refractivity contribution is 7.13. The van der Waals surface area contributed by atoms with Gasteiger partial charge in [0.05, 0.1) is 10.6 Å². The highest BCUT2D eigenvalue weighted by Gasteiger charge is 2.07. The molecule has 0 aliphatic carbocycles. The maximum atomic E-state index is 4.44. The van der Waals surface area contributed by atoms with Crippen molar-refractivity contribution in [1.82, 2.24) is 9.97 Å². The van der Waals surface area contributed by atoms with E-state index in [1.165, 1.54) is 10.4 Å². The van der Waals surface area contributed by atoms with Crippen LogP contribution in [0.5, 0.6) is 0 Å². The van der Waals surface area contributed by atoms with Gasteiger partial charge >= 0.3 is 0 Å². The van der Waals surface area contributed by atoms with Gasteiger partial charge in [-0.25, -0.2) is 9.97 Å². The monoisotopic (exact) mass is 219 g/mol. The van der Waals surface area contributed by atoms with Crippen molar-refractivity contribution in [2.75, 3.05) is 12.4 Å². The number of hydrogen-bond acceptors (Lipinski definition) is 4. The zero-order chi connectivity index (χ0) is 10.8. The summed E-state index contributed by atoms with van der Waals surface area (Å²) in [6, 6.07) is 4.09. The molecule has 2 aromatic heterocycles. The van der Waals surface area contributed by atoms with Crippen LogP contribution in [0.4, 0.5) is 5.82 Å². The molecule has 15 heavy (non-hydrogen) atoms. The number of rotatable bonds is 2. The molecule has 0 spiro atoms. The first-order valence-electron chi connectivity index (χ1n) is 4.78. The van der Waals surface area contributed by atoms with Crippen LogP contribution in [0.1, 0.15) is 11.4 Å². The first-order chi connectivity index (χ1) is 7.20. The zero-order valence-electron chi connectivity index (χ0n) is 9.03. The van der Waals surface area contributed by atoms with Crippen LogP contribution in [0.3, 0.4) is 0 Å². The average molecular weight is 219 g/mol. The SMILES string of the molecule is CNc1cc(-c2sccc2C)nc(C)n1. The molecule has 1 N–H and O–H groups in total. The molecule has 0 fully saturated rings. The van der Waals surface area contributed by atoms with E-state index in [1.54, 1.807) is 11.3 Å². The summed E-state index contributed by atoms with van der Waals surface area (Å²) in [4.78, 5) is 9.94. The minimum Gasteiger partial charge on any atom is -0.373 e. The number of nitrogens with one attached hydrogen (secondary N) is 1. The summed E-state index contributed by atoms with van der Waals surface area (Å²) in [7, 11) is 1.87. The molecule has 2 aromatic rings. The van der Waals surface area contributed by atoms with E-state index in [0.717, 1.165) is 17.3 Å². The van der Waals surface area contributed by atoms with Crippen molar-refractivity contribution in [3.05, 3.63) is 28.9 Å². The first-order valence-corrected chi connectivity index (χ1v) is 5.66. The smallest absolute Gasteiger partial charge is 0.130 e. The second kappa shape index (κ2) is 3.98. The van der Waals surface area contributed by atoms with Gasteiger partial charge in [0.15, 0.2) is 0 Å². The summed E-state index contributed by atoms with van der Waals surface area (Å²) in [6.45, 7) is 4.01. The van der Waals surface area contributed by atoms with Gasteiger partial charge in [0.25, 0.3) is 0 Å². The summed E-state index contributed by atoms with van der Waals surface area (Å²) in [5.74, 6) is 1.66. The van der Waals surface area contributed by atoms with Gasteiger partial charge in [-0.05, 0) is 30.9 Å². The van der Waals surface area contributed by atoms with Gasteiger partial charge in [-0.3, -0.25) is 0 Å². The third kappa shape index (κ3) is 1.99. The van der Waals surface area contributed by atoms with E-state index in [1.807, 2.05) is 20.0 Å². The van der Waals surface area contributed by atoms with Gasteiger partial charge < -0.3 is 5.32 Å². The lowest BCUT2D eigenvalue weighted by Gasteiger charge is -2.04. The first kappa shape index (κ1) is 10.1. The number of hydrogen-bond donors (Lipinski definition) is 1. The third-order valence-electron chi connectivity index (χ3n) is 2.19. The third-order valence-corrected chi connectivity index (χ3v) is 3.23. The highest BCUT2D eigenvalue weighted by Crippen LogP contribution is 2.28. The Morgan fingerprint density at radius 1 is 1.27 bits per heavy atom. The van der Waals surface area contributed by atoms with E-state index in [0.29, 0.717) is 0 Å². The lowest BCUT2D eigenvalue weighted by atomic mass is 10.2. The Kier molecular flexibility index (Phi) is 2.68. The predicted molar refractivity (Wildman–Crippen MR) is 64.4 cm³/mol. The Morgan fingerprint density at radius 3 is 2.67 bits per heavy atom. The molecule has 0 unspecified atom stereocenters. The van der Waals surface area contributed by atoms with Gasteiger partial charge in [0, 0.05) is 13.1 Å². The number of nitrogens with zero attached hydrogens (tertiary/aromatic N) is 2. The van der Waals surface area contributed by atoms with E-state index in [2.05, 4.69) is 33.7 Å². The molecule has 0 radical (unpaired) electrons. The van der Waals surface area contributed by atoms with Crippen molar-refractivity contribution in [1.29, 1.82) is 0 Å². The van der Waals surface area contributed by atoms with Crippen LogP contribution in [0.15, 0.2) is 17.5 Å². The Labute approximate surface area is 93.2 Å². The van der Waals surface area contributed by atoms with Crippen molar-refractivity contribution in [2.45, 2.75) is 13.8 Å². The van der Waals surface area contributed by atoms with Crippen LogP contribution in [0.2, 0.25) is 0 Å². The van der Waals surface area contributed by atoms with Gasteiger partial charge in [0.1, 0.15) is 11.6 Å². The molecule has 0 bridgehead atoms. The lowest BCUT2D eigenvalue weighted by molar-refractivity contribution is 1.06. The number of thiophene rings is 1. The summed E-state index contributed by atoms with van der Waals surface area (Å²) in [6.07, 6.45) is 0. The van der Waals surface area contributed by atoms with E-state index >= 15 is 0 Å². The minimum atomic E-state index is 0.796. The molecule has 2 heterocycles. The number of aryl methyl sites for hydroxylation is 2. The summed E-state index contributed by atoms with van der Waals surface area (Å²) < 4.78 is 0. The lowest BCUT2D eigenvalue weighted by Crippen LogP contribution is -1.97. The van der Waals surface area contributed by atoms with Crippen molar-refractivity contribution < 1.29 is 0 Å². The fourth-order valence-corrected chi connectivity index (χ4v) is 2.33. The molecule has 0 saturated carbocycles. The van der Waals surface area contributed by atoms with Gasteiger partial charge in [-0.15, -0.1) is 11.3 Å². The highest BCUT2D eigenvalue weighted by atomic mass is 32.1. The molecule has 3 nitrogen and oxygen atoms in total. The van der Waals surface area contributed by atoms with Crippen molar-refractivity contribution >= 4 is 17.2 Å². The van der Waals surface area contributed by atoms with Crippen LogP contribution < -0.4 is 5.32 Å². The average Bonchev–Trinajstić information content (AvgIpc) is 2.63. The normalized spacial score (nSPS) is 10.3. The molecule has 0 aromatic carbocycles. The number of aromatic nitrogens is 2. The number of anilines is 1. The van der Waals surface area contributed by atoms with Crippen LogP contribution in [0, 0.1) is 13.8 Å². The molecule has 2 rings (SSSR count). The largest absolute Gasteiger partial charge is 0.373 e. The molecule has 0 aliphatic heterocycles. The fourth-order valence-electron chi connectivity index (χ4n) is 1.45. The van der Waals surface area contributed by atoms with Gasteiger partial charge in [-0.2, -0.15) is 0 Å². The zero-order valence-corrected chi connectivity index (χ0v) is 9.85. The van der Waals surface area contributed by atoms with E-state index in [4.69, 9.17) is 0 Å². The maximum absolute atomic E-state index is 4.44. The topological polar surface area (TPSA) is 37.8 Å². The van der Waals surface area contributed by atoms with Crippen LogP contribution in [-0.4, -0.2) is 17.0 Å². The molecule has 4 heteroatoms. The molecular formula is C11H13N3S. The minimum absolute atomic E-state index is 0.796. The Bertz CT molecular complexity index is 476. The molecule has 0 atom stereocenters. The second-order valence-electron chi connectivity index (χ2n) is 3.37. The van der Waals surface area contributed by atoms with Crippen LogP contribution in [-0.2, 0) is 0 Å². The van der Waals surface area contributed by atoms with E-state index in [9.17, 15) is 0 Å². The van der Waals surface area contributed by atoms with Crippen LogP contribution in [0.25, 0.3) is 10.6 Å². The molecule has 0 aliphatic rings. The Hall–Kier alpha value is -1.42. The standard InChI is InChI=1S/C11H13N3S/c1-7-4-5-15-11(7)9-6-10(12-3)14-8(2)13-9/h4-6H,1-3H3,(H,12,13,14). The fraction of sp³-hybridized carbons (Fsp3) is 0.273. The predicted octanol–water partition coefficient (Wildman–Crippen LogP) is 2.86.